The molecule has 0 spiro atoms. The number of thiophene rings is 1. The number of hydrogen-bond donors (Lipinski definition) is 0. The molecule has 0 amide bonds. The van der Waals surface area contributed by atoms with Gasteiger partial charge in [0.15, 0.2) is 0 Å². The summed E-state index contributed by atoms with van der Waals surface area (Å²) >= 11 is 7.61. The first-order valence-corrected chi connectivity index (χ1v) is 7.54. The molecule has 0 aliphatic rings. The van der Waals surface area contributed by atoms with Gasteiger partial charge in [0.25, 0.3) is 0 Å². The van der Waals surface area contributed by atoms with Crippen LogP contribution in [0.25, 0.3) is 10.2 Å². The second-order valence-corrected chi connectivity index (χ2v) is 6.04. The average molecular weight is 304 g/mol. The summed E-state index contributed by atoms with van der Waals surface area (Å²) in [6, 6.07) is 8.41. The highest BCUT2D eigenvalue weighted by Crippen LogP contribution is 2.33. The molecule has 0 atom stereocenters. The van der Waals surface area contributed by atoms with E-state index in [9.17, 15) is 0 Å². The van der Waals surface area contributed by atoms with Crippen molar-refractivity contribution in [2.24, 2.45) is 0 Å². The predicted octanol–water partition coefficient (Wildman–Crippen LogP) is 4.73. The van der Waals surface area contributed by atoms with Crippen LogP contribution in [0.15, 0.2) is 29.6 Å². The molecule has 0 saturated heterocycles. The zero-order chi connectivity index (χ0) is 14.3. The molecule has 0 unspecified atom stereocenters. The van der Waals surface area contributed by atoms with Crippen LogP contribution in [0.4, 0.5) is 11.5 Å². The van der Waals surface area contributed by atoms with E-state index in [4.69, 9.17) is 11.6 Å². The summed E-state index contributed by atoms with van der Waals surface area (Å²) in [7, 11) is 2.01. The maximum Gasteiger partial charge on any atom is 0.225 e. The Balaban J connectivity index is 2.16. The van der Waals surface area contributed by atoms with E-state index in [1.807, 2.05) is 18.5 Å². The van der Waals surface area contributed by atoms with Crippen LogP contribution in [-0.2, 0) is 0 Å². The number of aromatic nitrogens is 2. The third-order valence-electron chi connectivity index (χ3n) is 3.31. The maximum atomic E-state index is 6.04. The predicted molar refractivity (Wildman–Crippen MR) is 86.4 cm³/mol. The molecule has 5 heteroatoms. The van der Waals surface area contributed by atoms with Crippen LogP contribution >= 0.6 is 22.9 Å². The molecule has 20 heavy (non-hydrogen) atoms. The highest BCUT2D eigenvalue weighted by atomic mass is 35.5. The van der Waals surface area contributed by atoms with Gasteiger partial charge in [-0.2, -0.15) is 4.98 Å². The summed E-state index contributed by atoms with van der Waals surface area (Å²) in [5, 5.41) is 3.32. The largest absolute Gasteiger partial charge is 0.329 e. The molecule has 2 aromatic heterocycles. The highest BCUT2D eigenvalue weighted by Gasteiger charge is 2.14. The van der Waals surface area contributed by atoms with Gasteiger partial charge < -0.3 is 4.90 Å². The van der Waals surface area contributed by atoms with E-state index in [-0.39, 0.29) is 5.28 Å². The van der Waals surface area contributed by atoms with Crippen LogP contribution in [0.2, 0.25) is 5.28 Å². The zero-order valence-electron chi connectivity index (χ0n) is 11.5. The SMILES string of the molecule is Cc1ccc(N(C)c2nc(Cl)nc3sccc23)c(C)c1. The van der Waals surface area contributed by atoms with Crippen LogP contribution in [-0.4, -0.2) is 17.0 Å². The molecule has 0 aliphatic heterocycles. The summed E-state index contributed by atoms with van der Waals surface area (Å²) in [6.07, 6.45) is 0. The van der Waals surface area contributed by atoms with E-state index in [1.54, 1.807) is 11.3 Å². The molecular formula is C15H14ClN3S. The Morgan fingerprint density at radius 2 is 1.95 bits per heavy atom. The summed E-state index contributed by atoms with van der Waals surface area (Å²) < 4.78 is 0. The Labute approximate surface area is 126 Å². The lowest BCUT2D eigenvalue weighted by molar-refractivity contribution is 1.10. The van der Waals surface area contributed by atoms with Crippen molar-refractivity contribution in [3.05, 3.63) is 46.1 Å². The fourth-order valence-electron chi connectivity index (χ4n) is 2.37. The third-order valence-corrected chi connectivity index (χ3v) is 4.28. The third kappa shape index (κ3) is 2.25. The minimum Gasteiger partial charge on any atom is -0.329 e. The first-order valence-electron chi connectivity index (χ1n) is 6.28. The lowest BCUT2D eigenvalue weighted by Crippen LogP contribution is -2.13. The standard InChI is InChI=1S/C15H14ClN3S/c1-9-4-5-12(10(2)8-9)19(3)13-11-6-7-20-14(11)18-15(16)17-13/h4-8H,1-3H3. The average Bonchev–Trinajstić information content (AvgIpc) is 2.85. The van der Waals surface area contributed by atoms with Gasteiger partial charge in [0, 0.05) is 12.7 Å². The van der Waals surface area contributed by atoms with E-state index in [0.29, 0.717) is 0 Å². The molecule has 2 heterocycles. The summed E-state index contributed by atoms with van der Waals surface area (Å²) in [5.41, 5.74) is 3.59. The molecule has 3 nitrogen and oxygen atoms in total. The summed E-state index contributed by atoms with van der Waals surface area (Å²) in [4.78, 5) is 11.6. The summed E-state index contributed by atoms with van der Waals surface area (Å²) in [6.45, 7) is 4.20. The molecule has 0 radical (unpaired) electrons. The van der Waals surface area contributed by atoms with Gasteiger partial charge in [-0.05, 0) is 48.5 Å². The van der Waals surface area contributed by atoms with Crippen molar-refractivity contribution in [2.45, 2.75) is 13.8 Å². The number of aryl methyl sites for hydroxylation is 2. The maximum absolute atomic E-state index is 6.04. The quantitative estimate of drug-likeness (QED) is 0.641. The van der Waals surface area contributed by atoms with Crippen molar-refractivity contribution in [2.75, 3.05) is 11.9 Å². The smallest absolute Gasteiger partial charge is 0.225 e. The van der Waals surface area contributed by atoms with E-state index in [0.717, 1.165) is 21.7 Å². The number of fused-ring (bicyclic) bond motifs is 1. The van der Waals surface area contributed by atoms with E-state index in [1.165, 1.54) is 11.1 Å². The molecule has 0 saturated carbocycles. The van der Waals surface area contributed by atoms with Gasteiger partial charge in [-0.25, -0.2) is 4.98 Å². The van der Waals surface area contributed by atoms with Crippen molar-refractivity contribution in [1.82, 2.24) is 9.97 Å². The number of benzene rings is 1. The number of anilines is 2. The van der Waals surface area contributed by atoms with Gasteiger partial charge in [-0.15, -0.1) is 11.3 Å². The first kappa shape index (κ1) is 13.3. The van der Waals surface area contributed by atoms with Crippen molar-refractivity contribution in [3.63, 3.8) is 0 Å². The number of rotatable bonds is 2. The molecule has 3 aromatic rings. The first-order chi connectivity index (χ1) is 9.56. The Hall–Kier alpha value is -1.65. The second-order valence-electron chi connectivity index (χ2n) is 4.80. The molecule has 102 valence electrons. The van der Waals surface area contributed by atoms with E-state index in [2.05, 4.69) is 46.9 Å². The monoisotopic (exact) mass is 303 g/mol. The van der Waals surface area contributed by atoms with Crippen molar-refractivity contribution >= 4 is 44.7 Å². The van der Waals surface area contributed by atoms with Gasteiger partial charge in [0.1, 0.15) is 10.6 Å². The highest BCUT2D eigenvalue weighted by molar-refractivity contribution is 7.16. The van der Waals surface area contributed by atoms with Crippen LogP contribution in [0.3, 0.4) is 0 Å². The molecule has 1 aromatic carbocycles. The van der Waals surface area contributed by atoms with E-state index < -0.39 is 0 Å². The lowest BCUT2D eigenvalue weighted by atomic mass is 10.1. The molecular weight excluding hydrogens is 290 g/mol. The lowest BCUT2D eigenvalue weighted by Gasteiger charge is -2.21. The topological polar surface area (TPSA) is 29.0 Å². The van der Waals surface area contributed by atoms with Gasteiger partial charge in [0.2, 0.25) is 5.28 Å². The fraction of sp³-hybridized carbons (Fsp3) is 0.200. The minimum atomic E-state index is 0.284. The van der Waals surface area contributed by atoms with E-state index >= 15 is 0 Å². The Morgan fingerprint density at radius 1 is 1.15 bits per heavy atom. The number of nitrogens with zero attached hydrogens (tertiary/aromatic N) is 3. The van der Waals surface area contributed by atoms with Gasteiger partial charge in [-0.1, -0.05) is 17.7 Å². The Morgan fingerprint density at radius 3 is 2.70 bits per heavy atom. The second kappa shape index (κ2) is 5.04. The Kier molecular flexibility index (Phi) is 3.36. The van der Waals surface area contributed by atoms with Crippen LogP contribution < -0.4 is 4.90 Å². The minimum absolute atomic E-state index is 0.284. The molecule has 0 bridgehead atoms. The van der Waals surface area contributed by atoms with Crippen LogP contribution in [0, 0.1) is 13.8 Å². The fourth-order valence-corrected chi connectivity index (χ4v) is 3.34. The van der Waals surface area contributed by atoms with Crippen LogP contribution in [0.5, 0.6) is 0 Å². The normalized spacial score (nSPS) is 11.0. The summed E-state index contributed by atoms with van der Waals surface area (Å²) in [5.74, 6) is 0.841. The molecule has 0 fully saturated rings. The number of hydrogen-bond acceptors (Lipinski definition) is 4. The van der Waals surface area contributed by atoms with Gasteiger partial charge in [-0.3, -0.25) is 0 Å². The molecule has 0 N–H and O–H groups in total. The van der Waals surface area contributed by atoms with Crippen LogP contribution in [0.1, 0.15) is 11.1 Å². The Bertz CT molecular complexity index is 782. The molecule has 3 rings (SSSR count). The van der Waals surface area contributed by atoms with Gasteiger partial charge in [0.05, 0.1) is 5.39 Å². The molecule has 0 aliphatic carbocycles. The van der Waals surface area contributed by atoms with Gasteiger partial charge >= 0.3 is 0 Å². The van der Waals surface area contributed by atoms with Crippen molar-refractivity contribution in [1.29, 1.82) is 0 Å². The van der Waals surface area contributed by atoms with Crippen molar-refractivity contribution in [3.8, 4) is 0 Å². The number of halogens is 1. The van der Waals surface area contributed by atoms with Crippen molar-refractivity contribution < 1.29 is 0 Å². The zero-order valence-corrected chi connectivity index (χ0v) is 13.1.